The van der Waals surface area contributed by atoms with Crippen LogP contribution in [0, 0.1) is 0 Å². The number of rotatable bonds is 4. The highest BCUT2D eigenvalue weighted by Crippen LogP contribution is 2.36. The van der Waals surface area contributed by atoms with Crippen LogP contribution in [0.25, 0.3) is 10.9 Å². The van der Waals surface area contributed by atoms with Gasteiger partial charge in [0.15, 0.2) is 0 Å². The summed E-state index contributed by atoms with van der Waals surface area (Å²) < 4.78 is 29.9. The van der Waals surface area contributed by atoms with Crippen molar-refractivity contribution in [3.63, 3.8) is 0 Å². The number of nitrogens with zero attached hydrogens (tertiary/aromatic N) is 2. The molecule has 2 aromatic rings. The van der Waals surface area contributed by atoms with Gasteiger partial charge in [-0.3, -0.25) is 4.68 Å². The minimum absolute atomic E-state index is 0.0896. The predicted octanol–water partition coefficient (Wildman–Crippen LogP) is 1.95. The lowest BCUT2D eigenvalue weighted by Gasteiger charge is -2.25. The van der Waals surface area contributed by atoms with Crippen molar-refractivity contribution in [3.05, 3.63) is 24.4 Å². The smallest absolute Gasteiger partial charge is 0.240 e. The third-order valence-corrected chi connectivity index (χ3v) is 6.31. The first-order valence-electron chi connectivity index (χ1n) is 8.20. The molecule has 0 radical (unpaired) electrons. The van der Waals surface area contributed by atoms with Crippen LogP contribution < -0.4 is 4.72 Å². The number of aliphatic hydroxyl groups is 1. The average molecular weight is 335 g/mol. The van der Waals surface area contributed by atoms with Crippen molar-refractivity contribution in [2.24, 2.45) is 0 Å². The van der Waals surface area contributed by atoms with Crippen molar-refractivity contribution >= 4 is 20.9 Å². The maximum atomic E-state index is 12.6. The Morgan fingerprint density at radius 2 is 1.87 bits per heavy atom. The van der Waals surface area contributed by atoms with E-state index in [9.17, 15) is 13.5 Å². The molecule has 124 valence electrons. The number of aliphatic hydroxyl groups excluding tert-OH is 1. The fourth-order valence-electron chi connectivity index (χ4n) is 3.29. The monoisotopic (exact) mass is 335 g/mol. The summed E-state index contributed by atoms with van der Waals surface area (Å²) in [5.74, 6) is 0. The molecule has 2 aliphatic rings. The van der Waals surface area contributed by atoms with E-state index < -0.39 is 10.0 Å². The van der Waals surface area contributed by atoms with Crippen molar-refractivity contribution in [1.82, 2.24) is 14.5 Å². The van der Waals surface area contributed by atoms with Gasteiger partial charge in [-0.25, -0.2) is 13.1 Å². The minimum Gasteiger partial charge on any atom is -0.393 e. The van der Waals surface area contributed by atoms with E-state index in [1.54, 1.807) is 18.3 Å². The maximum absolute atomic E-state index is 12.6. The third-order valence-electron chi connectivity index (χ3n) is 4.79. The van der Waals surface area contributed by atoms with Crippen molar-refractivity contribution in [2.75, 3.05) is 0 Å². The number of sulfonamides is 1. The Morgan fingerprint density at radius 1 is 1.13 bits per heavy atom. The van der Waals surface area contributed by atoms with E-state index in [-0.39, 0.29) is 17.0 Å². The van der Waals surface area contributed by atoms with Crippen LogP contribution in [0.3, 0.4) is 0 Å². The molecule has 0 bridgehead atoms. The summed E-state index contributed by atoms with van der Waals surface area (Å²) in [6.45, 7) is 0. The Kier molecular flexibility index (Phi) is 3.66. The van der Waals surface area contributed by atoms with Gasteiger partial charge in [0.25, 0.3) is 0 Å². The van der Waals surface area contributed by atoms with E-state index >= 15 is 0 Å². The molecule has 2 N–H and O–H groups in total. The van der Waals surface area contributed by atoms with Crippen molar-refractivity contribution < 1.29 is 13.5 Å². The number of benzene rings is 1. The highest BCUT2D eigenvalue weighted by molar-refractivity contribution is 7.89. The van der Waals surface area contributed by atoms with E-state index in [0.29, 0.717) is 31.7 Å². The second-order valence-electron chi connectivity index (χ2n) is 6.67. The predicted molar refractivity (Wildman–Crippen MR) is 86.6 cm³/mol. The molecular weight excluding hydrogens is 314 g/mol. The van der Waals surface area contributed by atoms with E-state index in [2.05, 4.69) is 9.82 Å². The molecule has 6 nitrogen and oxygen atoms in total. The first kappa shape index (κ1) is 15.1. The number of nitrogens with one attached hydrogen (secondary N) is 1. The lowest BCUT2D eigenvalue weighted by atomic mass is 9.94. The summed E-state index contributed by atoms with van der Waals surface area (Å²) in [5.41, 5.74) is 0.993. The van der Waals surface area contributed by atoms with Gasteiger partial charge in [0, 0.05) is 11.4 Å². The molecule has 0 atom stereocenters. The molecule has 0 spiro atoms. The van der Waals surface area contributed by atoms with Crippen molar-refractivity contribution in [1.29, 1.82) is 0 Å². The van der Waals surface area contributed by atoms with Gasteiger partial charge in [0.1, 0.15) is 0 Å². The first-order valence-corrected chi connectivity index (χ1v) is 9.69. The molecule has 4 rings (SSSR count). The van der Waals surface area contributed by atoms with Crippen molar-refractivity contribution in [2.45, 2.75) is 61.6 Å². The molecule has 2 saturated carbocycles. The average Bonchev–Trinajstić information content (AvgIpc) is 3.28. The van der Waals surface area contributed by atoms with Crippen LogP contribution in [0.4, 0.5) is 0 Å². The Hall–Kier alpha value is -1.44. The summed E-state index contributed by atoms with van der Waals surface area (Å²) in [6, 6.07) is 5.58. The van der Waals surface area contributed by atoms with Crippen LogP contribution in [0.5, 0.6) is 0 Å². The molecule has 0 unspecified atom stereocenters. The molecule has 2 aliphatic carbocycles. The molecule has 0 aliphatic heterocycles. The van der Waals surface area contributed by atoms with Crippen LogP contribution in [0.15, 0.2) is 29.3 Å². The molecule has 0 saturated heterocycles. The minimum atomic E-state index is -3.53. The molecule has 1 heterocycles. The van der Waals surface area contributed by atoms with Crippen LogP contribution in [0.1, 0.15) is 44.6 Å². The summed E-state index contributed by atoms with van der Waals surface area (Å²) in [5, 5.41) is 14.8. The third kappa shape index (κ3) is 3.00. The molecule has 7 heteroatoms. The standard InChI is InChI=1S/C16H21N3O3S/c20-14-5-1-12(2-6-14)18-23(21,22)15-7-8-16-11(9-15)10-17-19(16)13-3-4-13/h7-10,12-14,18,20H,1-6H2. The van der Waals surface area contributed by atoms with Gasteiger partial charge in [0.05, 0.1) is 28.8 Å². The normalized spacial score (nSPS) is 25.8. The lowest BCUT2D eigenvalue weighted by Crippen LogP contribution is -2.38. The molecule has 23 heavy (non-hydrogen) atoms. The van der Waals surface area contributed by atoms with Crippen LogP contribution in [-0.2, 0) is 10.0 Å². The quantitative estimate of drug-likeness (QED) is 0.894. The summed E-state index contributed by atoms with van der Waals surface area (Å²) in [6.07, 6.45) is 6.41. The highest BCUT2D eigenvalue weighted by atomic mass is 32.2. The van der Waals surface area contributed by atoms with Gasteiger partial charge in [0.2, 0.25) is 10.0 Å². The maximum Gasteiger partial charge on any atom is 0.240 e. The largest absolute Gasteiger partial charge is 0.393 e. The Bertz CT molecular complexity index is 818. The fourth-order valence-corrected chi connectivity index (χ4v) is 4.63. The first-order chi connectivity index (χ1) is 11.0. The van der Waals surface area contributed by atoms with E-state index in [4.69, 9.17) is 0 Å². The second-order valence-corrected chi connectivity index (χ2v) is 8.38. The van der Waals surface area contributed by atoms with Gasteiger partial charge in [-0.05, 0) is 56.7 Å². The van der Waals surface area contributed by atoms with Crippen LogP contribution >= 0.6 is 0 Å². The summed E-state index contributed by atoms with van der Waals surface area (Å²) in [4.78, 5) is 0.284. The van der Waals surface area contributed by atoms with Gasteiger partial charge < -0.3 is 5.11 Å². The molecule has 2 fully saturated rings. The van der Waals surface area contributed by atoms with E-state index in [1.165, 1.54) is 0 Å². The molecule has 1 aromatic heterocycles. The summed E-state index contributed by atoms with van der Waals surface area (Å²) in [7, 11) is -3.53. The number of hydrogen-bond acceptors (Lipinski definition) is 4. The fraction of sp³-hybridized carbons (Fsp3) is 0.562. The van der Waals surface area contributed by atoms with Gasteiger partial charge in [-0.2, -0.15) is 5.10 Å². The van der Waals surface area contributed by atoms with Crippen LogP contribution in [0.2, 0.25) is 0 Å². The Balaban J connectivity index is 1.57. The SMILES string of the molecule is O=S(=O)(NC1CCC(O)CC1)c1ccc2c(cnn2C2CC2)c1. The lowest BCUT2D eigenvalue weighted by molar-refractivity contribution is 0.120. The van der Waals surface area contributed by atoms with Gasteiger partial charge in [-0.15, -0.1) is 0 Å². The zero-order chi connectivity index (χ0) is 16.0. The Morgan fingerprint density at radius 3 is 2.57 bits per heavy atom. The number of aromatic nitrogens is 2. The number of fused-ring (bicyclic) bond motifs is 1. The Labute approximate surface area is 135 Å². The van der Waals surface area contributed by atoms with E-state index in [1.807, 2.05) is 10.7 Å². The zero-order valence-electron chi connectivity index (χ0n) is 12.9. The molecule has 0 amide bonds. The van der Waals surface area contributed by atoms with Crippen molar-refractivity contribution in [3.8, 4) is 0 Å². The zero-order valence-corrected chi connectivity index (χ0v) is 13.7. The van der Waals surface area contributed by atoms with E-state index in [0.717, 1.165) is 23.7 Å². The molecular formula is C16H21N3O3S. The van der Waals surface area contributed by atoms with Gasteiger partial charge >= 0.3 is 0 Å². The second kappa shape index (κ2) is 5.58. The number of hydrogen-bond donors (Lipinski definition) is 2. The summed E-state index contributed by atoms with van der Waals surface area (Å²) >= 11 is 0. The van der Waals surface area contributed by atoms with Gasteiger partial charge in [-0.1, -0.05) is 0 Å². The highest BCUT2D eigenvalue weighted by Gasteiger charge is 2.27. The van der Waals surface area contributed by atoms with Crippen LogP contribution in [-0.4, -0.2) is 35.5 Å². The topological polar surface area (TPSA) is 84.2 Å². The molecule has 1 aromatic carbocycles.